The van der Waals surface area contributed by atoms with Crippen LogP contribution < -0.4 is 0 Å². The molecular formula is C16H20N4O4. The van der Waals surface area contributed by atoms with Crippen LogP contribution in [-0.2, 0) is 9.53 Å². The number of hydrogen-bond donors (Lipinski definition) is 0. The van der Waals surface area contributed by atoms with Crippen molar-refractivity contribution in [3.63, 3.8) is 0 Å². The average molecular weight is 332 g/mol. The van der Waals surface area contributed by atoms with Crippen LogP contribution in [0.2, 0.25) is 0 Å². The number of hydrazine groups is 1. The predicted octanol–water partition coefficient (Wildman–Crippen LogP) is 1.63. The first kappa shape index (κ1) is 16.4. The summed E-state index contributed by atoms with van der Waals surface area (Å²) in [5.41, 5.74) is 1.55. The SMILES string of the molecule is CCCCOCC(=O)N1CCCN1C(=O)c1ccc2nonc2c1. The Labute approximate surface area is 139 Å². The fourth-order valence-corrected chi connectivity index (χ4v) is 2.63. The maximum Gasteiger partial charge on any atom is 0.272 e. The molecule has 0 bridgehead atoms. The van der Waals surface area contributed by atoms with Crippen LogP contribution in [0.3, 0.4) is 0 Å². The van der Waals surface area contributed by atoms with Gasteiger partial charge in [0.1, 0.15) is 17.6 Å². The highest BCUT2D eigenvalue weighted by Gasteiger charge is 2.31. The van der Waals surface area contributed by atoms with Gasteiger partial charge in [0.25, 0.3) is 11.8 Å². The summed E-state index contributed by atoms with van der Waals surface area (Å²) >= 11 is 0. The monoisotopic (exact) mass is 332 g/mol. The lowest BCUT2D eigenvalue weighted by Gasteiger charge is -2.27. The third-order valence-corrected chi connectivity index (χ3v) is 3.92. The van der Waals surface area contributed by atoms with Gasteiger partial charge in [0.05, 0.1) is 0 Å². The van der Waals surface area contributed by atoms with E-state index in [1.165, 1.54) is 10.0 Å². The van der Waals surface area contributed by atoms with Gasteiger partial charge in [0.15, 0.2) is 0 Å². The fourth-order valence-electron chi connectivity index (χ4n) is 2.63. The second-order valence-corrected chi connectivity index (χ2v) is 5.67. The van der Waals surface area contributed by atoms with Crippen LogP contribution in [0.25, 0.3) is 11.0 Å². The number of ether oxygens (including phenoxy) is 1. The van der Waals surface area contributed by atoms with Crippen LogP contribution in [0.15, 0.2) is 22.8 Å². The second kappa shape index (κ2) is 7.39. The Hall–Kier alpha value is -2.48. The van der Waals surface area contributed by atoms with Gasteiger partial charge in [-0.25, -0.2) is 14.6 Å². The van der Waals surface area contributed by atoms with Crippen molar-refractivity contribution in [2.24, 2.45) is 0 Å². The van der Waals surface area contributed by atoms with Gasteiger partial charge >= 0.3 is 0 Å². The molecule has 1 fully saturated rings. The Morgan fingerprint density at radius 2 is 2.00 bits per heavy atom. The highest BCUT2D eigenvalue weighted by atomic mass is 16.6. The molecular weight excluding hydrogens is 312 g/mol. The number of hydrogen-bond acceptors (Lipinski definition) is 6. The molecule has 1 aliphatic rings. The van der Waals surface area contributed by atoms with E-state index in [0.717, 1.165) is 19.3 Å². The predicted molar refractivity (Wildman–Crippen MR) is 84.9 cm³/mol. The Morgan fingerprint density at radius 1 is 1.21 bits per heavy atom. The summed E-state index contributed by atoms with van der Waals surface area (Å²) in [6.07, 6.45) is 2.68. The zero-order chi connectivity index (χ0) is 16.9. The number of benzene rings is 1. The molecule has 2 amide bonds. The molecule has 2 aromatic rings. The molecule has 8 nitrogen and oxygen atoms in total. The second-order valence-electron chi connectivity index (χ2n) is 5.67. The summed E-state index contributed by atoms with van der Waals surface area (Å²) in [5, 5.41) is 10.4. The number of carbonyl (C=O) groups is 2. The topological polar surface area (TPSA) is 88.8 Å². The normalized spacial score (nSPS) is 14.5. The van der Waals surface area contributed by atoms with E-state index in [1.54, 1.807) is 18.2 Å². The molecule has 0 atom stereocenters. The van der Waals surface area contributed by atoms with Crippen molar-refractivity contribution in [1.82, 2.24) is 20.3 Å². The van der Waals surface area contributed by atoms with Gasteiger partial charge in [-0.1, -0.05) is 13.3 Å². The van der Waals surface area contributed by atoms with Crippen LogP contribution in [0.5, 0.6) is 0 Å². The Balaban J connectivity index is 1.67. The highest BCUT2D eigenvalue weighted by Crippen LogP contribution is 2.18. The zero-order valence-corrected chi connectivity index (χ0v) is 13.6. The molecule has 0 aliphatic carbocycles. The lowest BCUT2D eigenvalue weighted by atomic mass is 10.2. The van der Waals surface area contributed by atoms with Gasteiger partial charge in [0, 0.05) is 25.3 Å². The minimum absolute atomic E-state index is 0.00395. The fraction of sp³-hybridized carbons (Fsp3) is 0.500. The molecule has 0 radical (unpaired) electrons. The number of nitrogens with zero attached hydrogens (tertiary/aromatic N) is 4. The maximum atomic E-state index is 12.7. The molecule has 0 unspecified atom stereocenters. The zero-order valence-electron chi connectivity index (χ0n) is 13.6. The Kier molecular flexibility index (Phi) is 5.05. The van der Waals surface area contributed by atoms with Crippen LogP contribution >= 0.6 is 0 Å². The lowest BCUT2D eigenvalue weighted by molar-refractivity contribution is -0.145. The van der Waals surface area contributed by atoms with Gasteiger partial charge in [-0.3, -0.25) is 9.59 Å². The van der Waals surface area contributed by atoms with Gasteiger partial charge < -0.3 is 4.74 Å². The standard InChI is InChI=1S/C16H20N4O4/c1-2-3-9-23-11-15(21)19-7-4-8-20(19)16(22)12-5-6-13-14(10-12)18-24-17-13/h5-6,10H,2-4,7-9,11H2,1H3. The van der Waals surface area contributed by atoms with E-state index < -0.39 is 0 Å². The molecule has 1 aromatic heterocycles. The first-order valence-electron chi connectivity index (χ1n) is 8.13. The van der Waals surface area contributed by atoms with Crippen LogP contribution in [-0.4, -0.2) is 58.4 Å². The Bertz CT molecular complexity index is 730. The molecule has 1 aromatic carbocycles. The minimum Gasteiger partial charge on any atom is -0.372 e. The number of rotatable bonds is 6. The largest absolute Gasteiger partial charge is 0.372 e. The highest BCUT2D eigenvalue weighted by molar-refractivity contribution is 5.98. The van der Waals surface area contributed by atoms with E-state index in [9.17, 15) is 9.59 Å². The number of carbonyl (C=O) groups excluding carboxylic acids is 2. The average Bonchev–Trinajstić information content (AvgIpc) is 3.25. The van der Waals surface area contributed by atoms with Crippen LogP contribution in [0, 0.1) is 0 Å². The summed E-state index contributed by atoms with van der Waals surface area (Å²) in [4.78, 5) is 25.0. The third kappa shape index (κ3) is 3.38. The number of aromatic nitrogens is 2. The van der Waals surface area contributed by atoms with Crippen LogP contribution in [0.1, 0.15) is 36.5 Å². The summed E-state index contributed by atoms with van der Waals surface area (Å²) < 4.78 is 10.0. The molecule has 3 rings (SSSR count). The number of fused-ring (bicyclic) bond motifs is 1. The van der Waals surface area contributed by atoms with Crippen molar-refractivity contribution < 1.29 is 19.0 Å². The first-order valence-corrected chi connectivity index (χ1v) is 8.13. The van der Waals surface area contributed by atoms with E-state index in [2.05, 4.69) is 21.9 Å². The molecule has 24 heavy (non-hydrogen) atoms. The summed E-state index contributed by atoms with van der Waals surface area (Å²) in [7, 11) is 0. The van der Waals surface area contributed by atoms with Crippen molar-refractivity contribution in [2.45, 2.75) is 26.2 Å². The molecule has 0 N–H and O–H groups in total. The van der Waals surface area contributed by atoms with Gasteiger partial charge in [-0.2, -0.15) is 0 Å². The quantitative estimate of drug-likeness (QED) is 0.747. The van der Waals surface area contributed by atoms with Crippen molar-refractivity contribution in [3.8, 4) is 0 Å². The molecule has 128 valence electrons. The van der Waals surface area contributed by atoms with Gasteiger partial charge in [-0.05, 0) is 41.4 Å². The summed E-state index contributed by atoms with van der Waals surface area (Å²) in [6.45, 7) is 3.65. The third-order valence-electron chi connectivity index (χ3n) is 3.92. The van der Waals surface area contributed by atoms with Gasteiger partial charge in [-0.15, -0.1) is 0 Å². The van der Waals surface area contributed by atoms with E-state index in [-0.39, 0.29) is 18.4 Å². The summed E-state index contributed by atoms with van der Waals surface area (Å²) in [5.74, 6) is -0.430. The summed E-state index contributed by atoms with van der Waals surface area (Å²) in [6, 6.07) is 4.95. The molecule has 1 saturated heterocycles. The first-order chi connectivity index (χ1) is 11.7. The smallest absolute Gasteiger partial charge is 0.272 e. The van der Waals surface area contributed by atoms with Crippen LogP contribution in [0.4, 0.5) is 0 Å². The minimum atomic E-state index is -0.237. The van der Waals surface area contributed by atoms with Crippen molar-refractivity contribution >= 4 is 22.8 Å². The number of unbranched alkanes of at least 4 members (excludes halogenated alkanes) is 1. The van der Waals surface area contributed by atoms with Gasteiger partial charge in [0.2, 0.25) is 0 Å². The van der Waals surface area contributed by atoms with E-state index in [1.807, 2.05) is 0 Å². The molecule has 2 heterocycles. The lowest BCUT2D eigenvalue weighted by Crippen LogP contribution is -2.46. The van der Waals surface area contributed by atoms with E-state index in [4.69, 9.17) is 4.74 Å². The van der Waals surface area contributed by atoms with Crippen molar-refractivity contribution in [1.29, 1.82) is 0 Å². The molecule has 0 saturated carbocycles. The van der Waals surface area contributed by atoms with Crippen molar-refractivity contribution in [2.75, 3.05) is 26.3 Å². The number of amides is 2. The molecule has 0 spiro atoms. The Morgan fingerprint density at radius 3 is 2.83 bits per heavy atom. The van der Waals surface area contributed by atoms with E-state index >= 15 is 0 Å². The molecule has 1 aliphatic heterocycles. The molecule has 8 heteroatoms. The maximum absolute atomic E-state index is 12.7. The van der Waals surface area contributed by atoms with E-state index in [0.29, 0.717) is 36.3 Å². The van der Waals surface area contributed by atoms with Crippen molar-refractivity contribution in [3.05, 3.63) is 23.8 Å².